The molecule has 3 N–H and O–H groups in total. The summed E-state index contributed by atoms with van der Waals surface area (Å²) >= 11 is 0. The molecule has 0 aromatic heterocycles. The largest absolute Gasteiger partial charge is 0.389 e. The number of nitrogens with zero attached hydrogens (tertiary/aromatic N) is 2. The van der Waals surface area contributed by atoms with Crippen LogP contribution in [0.3, 0.4) is 0 Å². The Morgan fingerprint density at radius 3 is 2.46 bits per heavy atom. The number of aliphatic hydroxyl groups excluding tert-OH is 1. The summed E-state index contributed by atoms with van der Waals surface area (Å²) in [6.45, 7) is 3.80. The molecule has 2 aromatic rings. The minimum absolute atomic E-state index is 0.0442. The molecule has 0 bridgehead atoms. The zero-order chi connectivity index (χ0) is 26.5. The van der Waals surface area contributed by atoms with Crippen LogP contribution in [-0.2, 0) is 27.3 Å². The smallest absolute Gasteiger partial charge is 0.242 e. The number of piperazine rings is 1. The van der Waals surface area contributed by atoms with Crippen LogP contribution in [-0.4, -0.2) is 77.0 Å². The topological polar surface area (TPSA) is 102 Å². The van der Waals surface area contributed by atoms with Gasteiger partial charge in [0.05, 0.1) is 18.1 Å². The highest BCUT2D eigenvalue weighted by Gasteiger charge is 2.40. The minimum Gasteiger partial charge on any atom is -0.389 e. The molecular weight excluding hydrogens is 482 g/mol. The van der Waals surface area contributed by atoms with E-state index >= 15 is 0 Å². The van der Waals surface area contributed by atoms with Gasteiger partial charge in [0, 0.05) is 45.2 Å². The number of rotatable bonds is 9. The fourth-order valence-electron chi connectivity index (χ4n) is 5.00. The van der Waals surface area contributed by atoms with Crippen LogP contribution in [0.5, 0.6) is 0 Å². The lowest BCUT2D eigenvalue weighted by Gasteiger charge is -2.38. The molecule has 2 heterocycles. The predicted molar refractivity (Wildman–Crippen MR) is 132 cm³/mol. The van der Waals surface area contributed by atoms with Gasteiger partial charge in [-0.1, -0.05) is 30.3 Å². The lowest BCUT2D eigenvalue weighted by atomic mass is 9.93. The van der Waals surface area contributed by atoms with Crippen molar-refractivity contribution < 1.29 is 28.3 Å². The quantitative estimate of drug-likeness (QED) is 0.467. The summed E-state index contributed by atoms with van der Waals surface area (Å²) < 4.78 is 27.8. The van der Waals surface area contributed by atoms with Crippen molar-refractivity contribution in [1.29, 1.82) is 0 Å². The number of hydrogen-bond acceptors (Lipinski definition) is 5. The van der Waals surface area contributed by atoms with E-state index in [1.165, 1.54) is 0 Å². The first-order valence-corrected chi connectivity index (χ1v) is 12.5. The summed E-state index contributed by atoms with van der Waals surface area (Å²) in [5.74, 6) is -3.09. The molecular formula is C27H32F2N4O4. The van der Waals surface area contributed by atoms with Gasteiger partial charge in [-0.05, 0) is 36.6 Å². The van der Waals surface area contributed by atoms with Crippen LogP contribution >= 0.6 is 0 Å². The Labute approximate surface area is 214 Å². The second-order valence-electron chi connectivity index (χ2n) is 9.60. The molecule has 198 valence electrons. The van der Waals surface area contributed by atoms with E-state index in [2.05, 4.69) is 10.6 Å². The second kappa shape index (κ2) is 11.8. The highest BCUT2D eigenvalue weighted by molar-refractivity contribution is 5.89. The molecule has 0 radical (unpaired) electrons. The van der Waals surface area contributed by atoms with Crippen LogP contribution in [0.4, 0.5) is 8.78 Å². The molecule has 2 aromatic carbocycles. The van der Waals surface area contributed by atoms with Gasteiger partial charge in [-0.2, -0.15) is 0 Å². The summed E-state index contributed by atoms with van der Waals surface area (Å²) in [4.78, 5) is 41.8. The summed E-state index contributed by atoms with van der Waals surface area (Å²) in [5.41, 5.74) is 1.17. The summed E-state index contributed by atoms with van der Waals surface area (Å²) in [7, 11) is 0. The molecule has 0 spiro atoms. The minimum atomic E-state index is -1.39. The maximum atomic E-state index is 13.9. The maximum Gasteiger partial charge on any atom is 0.242 e. The standard InChI is InChI=1S/C27H32F2N4O4/c1-2-32-16-19(13-23(32)34)26(36)31-22(12-18-10-20(28)14-21(29)11-18)25(35)24-27(37)33(9-8-30-24)15-17-6-4-3-5-7-17/h3-7,10-11,14,19,22,24-25,30,35H,2,8-9,12-13,15-16H2,1H3,(H,31,36)/t19?,22?,24-,25-/m0/s1. The van der Waals surface area contributed by atoms with Crippen LogP contribution in [0.25, 0.3) is 0 Å². The molecule has 2 aliphatic rings. The lowest BCUT2D eigenvalue weighted by molar-refractivity contribution is -0.141. The van der Waals surface area contributed by atoms with Crippen molar-refractivity contribution in [3.8, 4) is 0 Å². The van der Waals surface area contributed by atoms with Crippen molar-refractivity contribution in [3.05, 3.63) is 71.3 Å². The Balaban J connectivity index is 1.53. The Bertz CT molecular complexity index is 1110. The van der Waals surface area contributed by atoms with Crippen molar-refractivity contribution in [2.75, 3.05) is 26.2 Å². The summed E-state index contributed by atoms with van der Waals surface area (Å²) in [6.07, 6.45) is -1.45. The van der Waals surface area contributed by atoms with Crippen molar-refractivity contribution in [1.82, 2.24) is 20.4 Å². The van der Waals surface area contributed by atoms with Crippen LogP contribution in [0.15, 0.2) is 48.5 Å². The van der Waals surface area contributed by atoms with E-state index in [4.69, 9.17) is 0 Å². The number of carbonyl (C=O) groups excluding carboxylic acids is 3. The molecule has 3 amide bonds. The van der Waals surface area contributed by atoms with Gasteiger partial charge in [0.1, 0.15) is 17.7 Å². The van der Waals surface area contributed by atoms with Crippen LogP contribution in [0.1, 0.15) is 24.5 Å². The predicted octanol–water partition coefficient (Wildman–Crippen LogP) is 1.22. The van der Waals surface area contributed by atoms with E-state index in [1.807, 2.05) is 37.3 Å². The summed E-state index contributed by atoms with van der Waals surface area (Å²) in [5, 5.41) is 17.1. The van der Waals surface area contributed by atoms with Gasteiger partial charge in [0.2, 0.25) is 17.7 Å². The third kappa shape index (κ3) is 6.50. The van der Waals surface area contributed by atoms with E-state index in [0.717, 1.165) is 23.8 Å². The Kier molecular flexibility index (Phi) is 8.50. The average molecular weight is 515 g/mol. The third-order valence-electron chi connectivity index (χ3n) is 6.97. The van der Waals surface area contributed by atoms with Gasteiger partial charge in [-0.25, -0.2) is 8.78 Å². The molecule has 37 heavy (non-hydrogen) atoms. The number of benzene rings is 2. The van der Waals surface area contributed by atoms with E-state index in [9.17, 15) is 28.3 Å². The van der Waals surface area contributed by atoms with Crippen LogP contribution in [0.2, 0.25) is 0 Å². The highest BCUT2D eigenvalue weighted by atomic mass is 19.1. The zero-order valence-electron chi connectivity index (χ0n) is 20.7. The number of hydrogen-bond donors (Lipinski definition) is 3. The van der Waals surface area contributed by atoms with Crippen molar-refractivity contribution in [2.24, 2.45) is 5.92 Å². The average Bonchev–Trinajstić information content (AvgIpc) is 3.25. The number of carbonyl (C=O) groups is 3. The van der Waals surface area contributed by atoms with Gasteiger partial charge < -0.3 is 25.5 Å². The molecule has 2 fully saturated rings. The molecule has 2 aliphatic heterocycles. The summed E-state index contributed by atoms with van der Waals surface area (Å²) in [6, 6.07) is 10.4. The highest BCUT2D eigenvalue weighted by Crippen LogP contribution is 2.20. The normalized spacial score (nSPS) is 21.7. The van der Waals surface area contributed by atoms with Crippen molar-refractivity contribution in [3.63, 3.8) is 0 Å². The van der Waals surface area contributed by atoms with Crippen molar-refractivity contribution in [2.45, 2.75) is 44.5 Å². The Hall–Kier alpha value is -3.37. The monoisotopic (exact) mass is 514 g/mol. The van der Waals surface area contributed by atoms with Gasteiger partial charge in [0.25, 0.3) is 0 Å². The zero-order valence-corrected chi connectivity index (χ0v) is 20.7. The number of nitrogens with one attached hydrogen (secondary N) is 2. The van der Waals surface area contributed by atoms with Crippen molar-refractivity contribution >= 4 is 17.7 Å². The Morgan fingerprint density at radius 2 is 1.81 bits per heavy atom. The van der Waals surface area contributed by atoms with Gasteiger partial charge in [-0.15, -0.1) is 0 Å². The first-order chi connectivity index (χ1) is 17.7. The van der Waals surface area contributed by atoms with Crippen LogP contribution in [0, 0.1) is 17.6 Å². The number of aliphatic hydroxyl groups is 1. The molecule has 2 unspecified atom stereocenters. The molecule has 2 saturated heterocycles. The van der Waals surface area contributed by atoms with E-state index in [0.29, 0.717) is 26.2 Å². The fraction of sp³-hybridized carbons (Fsp3) is 0.444. The molecule has 0 aliphatic carbocycles. The van der Waals surface area contributed by atoms with Gasteiger partial charge in [0.15, 0.2) is 0 Å². The van der Waals surface area contributed by atoms with Gasteiger partial charge >= 0.3 is 0 Å². The number of amides is 3. The third-order valence-corrected chi connectivity index (χ3v) is 6.97. The first kappa shape index (κ1) is 26.7. The second-order valence-corrected chi connectivity index (χ2v) is 9.60. The molecule has 10 heteroatoms. The molecule has 8 nitrogen and oxygen atoms in total. The first-order valence-electron chi connectivity index (χ1n) is 12.5. The van der Waals surface area contributed by atoms with Crippen LogP contribution < -0.4 is 10.6 Å². The SMILES string of the molecule is CCN1CC(C(=O)NC(Cc2cc(F)cc(F)c2)[C@H](O)[C@@H]2NCCN(Cc3ccccc3)C2=O)CC1=O. The van der Waals surface area contributed by atoms with E-state index < -0.39 is 41.6 Å². The van der Waals surface area contributed by atoms with Gasteiger partial charge in [-0.3, -0.25) is 14.4 Å². The lowest BCUT2D eigenvalue weighted by Crippen LogP contribution is -2.64. The fourth-order valence-corrected chi connectivity index (χ4v) is 5.00. The van der Waals surface area contributed by atoms with E-state index in [1.54, 1.807) is 9.80 Å². The maximum absolute atomic E-state index is 13.9. The molecule has 4 atom stereocenters. The molecule has 0 saturated carbocycles. The Morgan fingerprint density at radius 1 is 1.11 bits per heavy atom. The molecule has 4 rings (SSSR count). The number of likely N-dealkylation sites (tertiary alicyclic amines) is 1. The number of halogens is 2. The van der Waals surface area contributed by atoms with E-state index in [-0.39, 0.29) is 36.8 Å².